The van der Waals surface area contributed by atoms with Crippen molar-refractivity contribution in [3.8, 4) is 5.75 Å². The summed E-state index contributed by atoms with van der Waals surface area (Å²) < 4.78 is 5.59. The van der Waals surface area contributed by atoms with Crippen molar-refractivity contribution in [3.63, 3.8) is 0 Å². The molecule has 4 N–H and O–H groups in total. The van der Waals surface area contributed by atoms with Gasteiger partial charge in [0.15, 0.2) is 6.34 Å². The first-order valence-corrected chi connectivity index (χ1v) is 7.36. The molecular formula is C16H29Cl2N3O2. The quantitative estimate of drug-likeness (QED) is 0.332. The average molecular weight is 366 g/mol. The van der Waals surface area contributed by atoms with Gasteiger partial charge < -0.3 is 40.0 Å². The summed E-state index contributed by atoms with van der Waals surface area (Å²) in [4.78, 5) is 5.49. The third-order valence-corrected chi connectivity index (χ3v) is 2.75. The number of hydrogen-bond donors (Lipinski definition) is 3. The van der Waals surface area contributed by atoms with Gasteiger partial charge in [0.1, 0.15) is 25.0 Å². The van der Waals surface area contributed by atoms with E-state index in [-0.39, 0.29) is 30.4 Å². The van der Waals surface area contributed by atoms with E-state index in [1.807, 2.05) is 44.7 Å². The van der Waals surface area contributed by atoms with Crippen molar-refractivity contribution < 1.29 is 44.9 Å². The number of aliphatic hydroxyl groups is 1. The standard InChI is InChI=1S/C16H27N3O2.2ClH/c1-16(2,3)18-10-14(20)11-21-15-8-6-13(7-9-15)17-12-19(4)5;;/h6-9,12,14,18,20H,10-11H2,1-5H3;2*1H. The molecule has 23 heavy (non-hydrogen) atoms. The van der Waals surface area contributed by atoms with Crippen LogP contribution in [0.4, 0.5) is 5.69 Å². The number of halogens is 2. The third kappa shape index (κ3) is 12.3. The van der Waals surface area contributed by atoms with Crippen molar-refractivity contribution in [3.05, 3.63) is 24.3 Å². The van der Waals surface area contributed by atoms with Gasteiger partial charge in [-0.3, -0.25) is 4.90 Å². The molecule has 0 aromatic heterocycles. The van der Waals surface area contributed by atoms with Crippen molar-refractivity contribution in [1.29, 1.82) is 0 Å². The first kappa shape index (κ1) is 24.4. The van der Waals surface area contributed by atoms with Crippen LogP contribution in [-0.2, 0) is 0 Å². The SMILES string of the molecule is C[NH+](C)C=Nc1ccc(OCC(O)C[NH2+]C(C)(C)C)cc1.[Cl-].[Cl-]. The van der Waals surface area contributed by atoms with Crippen LogP contribution in [0.2, 0.25) is 0 Å². The van der Waals surface area contributed by atoms with Crippen LogP contribution in [0.3, 0.4) is 0 Å². The molecule has 0 saturated carbocycles. The highest BCUT2D eigenvalue weighted by molar-refractivity contribution is 5.54. The number of nitrogens with one attached hydrogen (secondary N) is 1. The Labute approximate surface area is 151 Å². The van der Waals surface area contributed by atoms with Crippen molar-refractivity contribution >= 4 is 12.0 Å². The fourth-order valence-corrected chi connectivity index (χ4v) is 1.58. The number of hydrogen-bond acceptors (Lipinski definition) is 3. The van der Waals surface area contributed by atoms with Crippen LogP contribution in [0.1, 0.15) is 20.8 Å². The maximum atomic E-state index is 9.89. The van der Waals surface area contributed by atoms with Gasteiger partial charge in [0.05, 0.1) is 25.3 Å². The summed E-state index contributed by atoms with van der Waals surface area (Å²) in [6, 6.07) is 7.56. The number of aliphatic imine (C=N–C) groups is 1. The van der Waals surface area contributed by atoms with Gasteiger partial charge in [-0.2, -0.15) is 0 Å². The minimum absolute atomic E-state index is 0. The Bertz CT molecular complexity index is 446. The van der Waals surface area contributed by atoms with E-state index in [1.54, 1.807) is 0 Å². The van der Waals surface area contributed by atoms with Crippen LogP contribution in [0.15, 0.2) is 29.3 Å². The zero-order valence-corrected chi connectivity index (χ0v) is 16.0. The topological polar surface area (TPSA) is 62.9 Å². The molecule has 1 aromatic carbocycles. The third-order valence-electron chi connectivity index (χ3n) is 2.75. The highest BCUT2D eigenvalue weighted by atomic mass is 35.5. The molecule has 0 heterocycles. The van der Waals surface area contributed by atoms with Crippen molar-refractivity contribution in [2.45, 2.75) is 32.4 Å². The lowest BCUT2D eigenvalue weighted by atomic mass is 10.1. The number of benzene rings is 1. The molecule has 1 atom stereocenters. The second-order valence-electron chi connectivity index (χ2n) is 6.60. The van der Waals surface area contributed by atoms with Crippen molar-refractivity contribution in [1.82, 2.24) is 0 Å². The number of aliphatic hydroxyl groups excluding tert-OH is 1. The van der Waals surface area contributed by atoms with E-state index in [0.717, 1.165) is 16.3 Å². The highest BCUT2D eigenvalue weighted by Crippen LogP contribution is 2.17. The van der Waals surface area contributed by atoms with E-state index in [1.165, 1.54) is 0 Å². The van der Waals surface area contributed by atoms with Crippen LogP contribution in [0.25, 0.3) is 0 Å². The predicted octanol–water partition coefficient (Wildman–Crippen LogP) is -6.40. The highest BCUT2D eigenvalue weighted by Gasteiger charge is 2.16. The van der Waals surface area contributed by atoms with E-state index in [4.69, 9.17) is 4.74 Å². The van der Waals surface area contributed by atoms with Crippen LogP contribution in [-0.4, -0.2) is 50.3 Å². The molecule has 0 fully saturated rings. The maximum Gasteiger partial charge on any atom is 0.188 e. The fraction of sp³-hybridized carbons (Fsp3) is 0.562. The van der Waals surface area contributed by atoms with Crippen LogP contribution in [0, 0.1) is 0 Å². The Hall–Kier alpha value is -0.850. The Balaban J connectivity index is 0. The number of nitrogens with zero attached hydrogens (tertiary/aromatic N) is 1. The molecule has 0 aliphatic heterocycles. The molecule has 0 aliphatic rings. The number of rotatable bonds is 7. The van der Waals surface area contributed by atoms with Crippen molar-refractivity contribution in [2.75, 3.05) is 27.2 Å². The van der Waals surface area contributed by atoms with E-state index < -0.39 is 6.10 Å². The van der Waals surface area contributed by atoms with Gasteiger partial charge in [-0.1, -0.05) is 0 Å². The molecule has 1 rings (SSSR count). The van der Waals surface area contributed by atoms with Gasteiger partial charge in [-0.25, -0.2) is 4.99 Å². The summed E-state index contributed by atoms with van der Waals surface area (Å²) >= 11 is 0. The van der Waals surface area contributed by atoms with Gasteiger partial charge in [-0.05, 0) is 45.0 Å². The molecule has 0 aliphatic carbocycles. The Morgan fingerprint density at radius 2 is 1.78 bits per heavy atom. The molecule has 0 radical (unpaired) electrons. The first-order chi connectivity index (χ1) is 9.76. The van der Waals surface area contributed by atoms with Crippen LogP contribution >= 0.6 is 0 Å². The predicted molar refractivity (Wildman–Crippen MR) is 85.5 cm³/mol. The normalized spacial score (nSPS) is 12.7. The van der Waals surface area contributed by atoms with E-state index in [9.17, 15) is 5.11 Å². The molecule has 1 unspecified atom stereocenters. The zero-order chi connectivity index (χ0) is 15.9. The molecule has 0 spiro atoms. The fourth-order valence-electron chi connectivity index (χ4n) is 1.58. The number of nitrogens with two attached hydrogens (primary N) is 1. The Kier molecular flexibility index (Phi) is 12.4. The first-order valence-electron chi connectivity index (χ1n) is 7.36. The number of ether oxygens (including phenoxy) is 1. The van der Waals surface area contributed by atoms with Crippen molar-refractivity contribution in [2.24, 2.45) is 4.99 Å². The summed E-state index contributed by atoms with van der Waals surface area (Å²) in [5, 5.41) is 12.0. The summed E-state index contributed by atoms with van der Waals surface area (Å²) in [5.41, 5.74) is 1.01. The molecule has 0 bridgehead atoms. The second kappa shape index (κ2) is 11.6. The minimum Gasteiger partial charge on any atom is -1.00 e. The molecule has 0 amide bonds. The van der Waals surface area contributed by atoms with E-state index in [2.05, 4.69) is 31.1 Å². The second-order valence-corrected chi connectivity index (χ2v) is 6.60. The monoisotopic (exact) mass is 365 g/mol. The summed E-state index contributed by atoms with van der Waals surface area (Å²) in [7, 11) is 4.02. The average Bonchev–Trinajstić information content (AvgIpc) is 2.41. The van der Waals surface area contributed by atoms with E-state index in [0.29, 0.717) is 13.2 Å². The lowest BCUT2D eigenvalue weighted by Gasteiger charge is -2.19. The Morgan fingerprint density at radius 1 is 1.22 bits per heavy atom. The molecular weight excluding hydrogens is 337 g/mol. The van der Waals surface area contributed by atoms with Gasteiger partial charge in [0.2, 0.25) is 0 Å². The van der Waals surface area contributed by atoms with Crippen LogP contribution < -0.4 is 39.8 Å². The zero-order valence-electron chi connectivity index (χ0n) is 14.5. The lowest BCUT2D eigenvalue weighted by Crippen LogP contribution is -3.04. The van der Waals surface area contributed by atoms with Gasteiger partial charge in [-0.15, -0.1) is 0 Å². The van der Waals surface area contributed by atoms with E-state index >= 15 is 0 Å². The minimum atomic E-state index is -0.473. The lowest BCUT2D eigenvalue weighted by molar-refractivity contribution is -0.750. The largest absolute Gasteiger partial charge is 1.00 e. The van der Waals surface area contributed by atoms with Crippen LogP contribution in [0.5, 0.6) is 5.75 Å². The number of quaternary nitrogens is 2. The van der Waals surface area contributed by atoms with Gasteiger partial charge in [0.25, 0.3) is 0 Å². The smallest absolute Gasteiger partial charge is 0.188 e. The van der Waals surface area contributed by atoms with Gasteiger partial charge >= 0.3 is 0 Å². The Morgan fingerprint density at radius 3 is 2.26 bits per heavy atom. The summed E-state index contributed by atoms with van der Waals surface area (Å²) in [6.45, 7) is 7.30. The molecule has 134 valence electrons. The molecule has 0 saturated heterocycles. The molecule has 1 aromatic rings. The molecule has 7 heteroatoms. The van der Waals surface area contributed by atoms with Gasteiger partial charge in [0, 0.05) is 0 Å². The maximum absolute atomic E-state index is 9.89. The summed E-state index contributed by atoms with van der Waals surface area (Å²) in [5.74, 6) is 0.751. The molecule has 5 nitrogen and oxygen atoms in total. The summed E-state index contributed by atoms with van der Waals surface area (Å²) in [6.07, 6.45) is 1.36.